The van der Waals surface area contributed by atoms with Gasteiger partial charge in [-0.3, -0.25) is 4.79 Å². The molecule has 2 aromatic carbocycles. The van der Waals surface area contributed by atoms with E-state index in [1.54, 1.807) is 28.4 Å². The summed E-state index contributed by atoms with van der Waals surface area (Å²) in [6, 6.07) is 5.74. The van der Waals surface area contributed by atoms with Crippen LogP contribution in [0.1, 0.15) is 22.8 Å². The van der Waals surface area contributed by atoms with Gasteiger partial charge in [0.25, 0.3) is 0 Å². The van der Waals surface area contributed by atoms with Crippen LogP contribution in [0, 0.1) is 0 Å². The monoisotopic (exact) mass is 356 g/mol. The van der Waals surface area contributed by atoms with Crippen molar-refractivity contribution >= 4 is 5.97 Å². The Kier molecular flexibility index (Phi) is 3.90. The zero-order valence-corrected chi connectivity index (χ0v) is 15.2. The first kappa shape index (κ1) is 16.6. The molecule has 0 N–H and O–H groups in total. The fourth-order valence-corrected chi connectivity index (χ4v) is 3.92. The SMILES string of the molecule is COc1cc2c(cc1OC)-c1c(OC)c(OC)cc3c1C(C2)OC(=O)C3. The minimum Gasteiger partial charge on any atom is -0.493 e. The number of methoxy groups -OCH3 is 4. The lowest BCUT2D eigenvalue weighted by atomic mass is 9.78. The van der Waals surface area contributed by atoms with Crippen molar-refractivity contribution in [1.82, 2.24) is 0 Å². The van der Waals surface area contributed by atoms with E-state index in [-0.39, 0.29) is 18.5 Å². The maximum atomic E-state index is 12.1. The first-order chi connectivity index (χ1) is 12.6. The molecular formula is C20H20O6. The molecule has 6 nitrogen and oxygen atoms in total. The fraction of sp³-hybridized carbons (Fsp3) is 0.350. The number of carbonyl (C=O) groups is 1. The molecule has 0 spiro atoms. The highest BCUT2D eigenvalue weighted by Crippen LogP contribution is 2.53. The topological polar surface area (TPSA) is 63.2 Å². The summed E-state index contributed by atoms with van der Waals surface area (Å²) < 4.78 is 27.8. The summed E-state index contributed by atoms with van der Waals surface area (Å²) in [5.74, 6) is 2.26. The zero-order chi connectivity index (χ0) is 18.4. The van der Waals surface area contributed by atoms with Crippen LogP contribution in [0.25, 0.3) is 11.1 Å². The lowest BCUT2D eigenvalue weighted by molar-refractivity contribution is -0.150. The Morgan fingerprint density at radius 2 is 1.54 bits per heavy atom. The van der Waals surface area contributed by atoms with Crippen LogP contribution in [0.2, 0.25) is 0 Å². The quantitative estimate of drug-likeness (QED) is 0.785. The van der Waals surface area contributed by atoms with Gasteiger partial charge in [-0.15, -0.1) is 0 Å². The standard InChI is InChI=1S/C20H20O6/c1-22-13-5-10-6-15-18-11(8-17(21)26-15)7-16(24-3)20(25-4)19(18)12(10)9-14(13)23-2/h5,7,9,15H,6,8H2,1-4H3. The third-order valence-corrected chi connectivity index (χ3v) is 5.01. The Balaban J connectivity index is 2.06. The number of rotatable bonds is 4. The van der Waals surface area contributed by atoms with Crippen LogP contribution in [-0.4, -0.2) is 34.4 Å². The average molecular weight is 356 g/mol. The molecule has 0 saturated carbocycles. The van der Waals surface area contributed by atoms with Crippen molar-refractivity contribution in [2.24, 2.45) is 0 Å². The number of hydrogen-bond acceptors (Lipinski definition) is 6. The summed E-state index contributed by atoms with van der Waals surface area (Å²) >= 11 is 0. The highest BCUT2D eigenvalue weighted by molar-refractivity contribution is 5.88. The van der Waals surface area contributed by atoms with Crippen molar-refractivity contribution in [3.63, 3.8) is 0 Å². The molecule has 0 bridgehead atoms. The van der Waals surface area contributed by atoms with Gasteiger partial charge in [0.05, 0.1) is 34.9 Å². The average Bonchev–Trinajstić information content (AvgIpc) is 2.65. The normalized spacial score (nSPS) is 16.9. The number of ether oxygens (including phenoxy) is 5. The summed E-state index contributed by atoms with van der Waals surface area (Å²) in [4.78, 5) is 12.1. The van der Waals surface area contributed by atoms with Gasteiger partial charge in [-0.1, -0.05) is 0 Å². The summed E-state index contributed by atoms with van der Waals surface area (Å²) in [6.07, 6.45) is 0.463. The van der Waals surface area contributed by atoms with Crippen LogP contribution in [0.4, 0.5) is 0 Å². The first-order valence-corrected chi connectivity index (χ1v) is 8.33. The number of esters is 1. The van der Waals surface area contributed by atoms with E-state index in [1.165, 1.54) is 0 Å². The molecule has 4 rings (SSSR count). The van der Waals surface area contributed by atoms with Crippen molar-refractivity contribution in [3.8, 4) is 34.1 Å². The van der Waals surface area contributed by atoms with E-state index < -0.39 is 0 Å². The van der Waals surface area contributed by atoms with Crippen LogP contribution in [-0.2, 0) is 22.4 Å². The Hall–Kier alpha value is -2.89. The molecule has 136 valence electrons. The lowest BCUT2D eigenvalue weighted by Crippen LogP contribution is -2.26. The molecule has 1 aliphatic heterocycles. The van der Waals surface area contributed by atoms with E-state index >= 15 is 0 Å². The summed E-state index contributed by atoms with van der Waals surface area (Å²) in [6.45, 7) is 0. The third kappa shape index (κ3) is 2.29. The molecule has 26 heavy (non-hydrogen) atoms. The zero-order valence-electron chi connectivity index (χ0n) is 15.2. The van der Waals surface area contributed by atoms with Gasteiger partial charge in [0.1, 0.15) is 6.10 Å². The van der Waals surface area contributed by atoms with Crippen molar-refractivity contribution in [2.75, 3.05) is 28.4 Å². The van der Waals surface area contributed by atoms with Crippen LogP contribution in [0.3, 0.4) is 0 Å². The first-order valence-electron chi connectivity index (χ1n) is 8.33. The van der Waals surface area contributed by atoms with Crippen molar-refractivity contribution in [2.45, 2.75) is 18.9 Å². The molecule has 6 heteroatoms. The van der Waals surface area contributed by atoms with Gasteiger partial charge < -0.3 is 23.7 Å². The van der Waals surface area contributed by atoms with E-state index in [0.717, 1.165) is 27.8 Å². The van der Waals surface area contributed by atoms with Gasteiger partial charge in [0.15, 0.2) is 23.0 Å². The number of carbonyl (C=O) groups excluding carboxylic acids is 1. The van der Waals surface area contributed by atoms with Crippen LogP contribution < -0.4 is 18.9 Å². The molecule has 1 heterocycles. The second-order valence-corrected chi connectivity index (χ2v) is 6.28. The fourth-order valence-electron chi connectivity index (χ4n) is 3.92. The highest BCUT2D eigenvalue weighted by atomic mass is 16.5. The highest BCUT2D eigenvalue weighted by Gasteiger charge is 2.38. The van der Waals surface area contributed by atoms with E-state index in [4.69, 9.17) is 23.7 Å². The van der Waals surface area contributed by atoms with E-state index in [2.05, 4.69) is 0 Å². The van der Waals surface area contributed by atoms with Crippen molar-refractivity contribution in [1.29, 1.82) is 0 Å². The van der Waals surface area contributed by atoms with Crippen LogP contribution >= 0.6 is 0 Å². The Bertz CT molecular complexity index is 902. The largest absolute Gasteiger partial charge is 0.493 e. The Morgan fingerprint density at radius 3 is 2.19 bits per heavy atom. The lowest BCUT2D eigenvalue weighted by Gasteiger charge is -2.34. The summed E-state index contributed by atoms with van der Waals surface area (Å²) in [7, 11) is 6.41. The van der Waals surface area contributed by atoms with Gasteiger partial charge >= 0.3 is 5.97 Å². The molecule has 2 aliphatic rings. The van der Waals surface area contributed by atoms with E-state index in [1.807, 2.05) is 18.2 Å². The molecule has 2 aromatic rings. The molecule has 0 saturated heterocycles. The Labute approximate surface area is 151 Å². The third-order valence-electron chi connectivity index (χ3n) is 5.01. The molecule has 1 atom stereocenters. The second-order valence-electron chi connectivity index (χ2n) is 6.28. The second kappa shape index (κ2) is 6.12. The van der Waals surface area contributed by atoms with Gasteiger partial charge in [-0.25, -0.2) is 0 Å². The molecular weight excluding hydrogens is 336 g/mol. The molecule has 0 radical (unpaired) electrons. The number of benzene rings is 2. The van der Waals surface area contributed by atoms with Gasteiger partial charge in [0.2, 0.25) is 0 Å². The van der Waals surface area contributed by atoms with E-state index in [0.29, 0.717) is 29.4 Å². The van der Waals surface area contributed by atoms with Crippen LogP contribution in [0.5, 0.6) is 23.0 Å². The maximum absolute atomic E-state index is 12.1. The maximum Gasteiger partial charge on any atom is 0.310 e. The summed E-state index contributed by atoms with van der Waals surface area (Å²) in [5.41, 5.74) is 4.78. The molecule has 0 aromatic heterocycles. The summed E-state index contributed by atoms with van der Waals surface area (Å²) in [5, 5.41) is 0. The minimum atomic E-state index is -0.341. The van der Waals surface area contributed by atoms with Gasteiger partial charge in [0, 0.05) is 17.5 Å². The van der Waals surface area contributed by atoms with E-state index in [9.17, 15) is 4.79 Å². The molecule has 1 unspecified atom stereocenters. The van der Waals surface area contributed by atoms with Gasteiger partial charge in [-0.05, 0) is 34.9 Å². The molecule has 0 fully saturated rings. The van der Waals surface area contributed by atoms with Crippen molar-refractivity contribution in [3.05, 3.63) is 34.9 Å². The Morgan fingerprint density at radius 1 is 0.885 bits per heavy atom. The van der Waals surface area contributed by atoms with Gasteiger partial charge in [-0.2, -0.15) is 0 Å². The predicted molar refractivity (Wildman–Crippen MR) is 94.3 cm³/mol. The number of fused-ring (bicyclic) bond motifs is 2. The molecule has 1 aliphatic carbocycles. The van der Waals surface area contributed by atoms with Crippen molar-refractivity contribution < 1.29 is 28.5 Å². The number of hydrogen-bond donors (Lipinski definition) is 0. The van der Waals surface area contributed by atoms with Crippen LogP contribution in [0.15, 0.2) is 18.2 Å². The predicted octanol–water partition coefficient (Wildman–Crippen LogP) is 3.08. The smallest absolute Gasteiger partial charge is 0.310 e. The minimum absolute atomic E-state index is 0.224. The molecule has 0 amide bonds.